The van der Waals surface area contributed by atoms with Crippen LogP contribution in [0.2, 0.25) is 0 Å². The zero-order chi connectivity index (χ0) is 13.8. The minimum Gasteiger partial charge on any atom is -0.269 e. The zero-order valence-corrected chi connectivity index (χ0v) is 11.4. The minimum absolute atomic E-state index is 0.160. The molecule has 100 valence electrons. The number of hydrogen-bond acceptors (Lipinski definition) is 3. The van der Waals surface area contributed by atoms with Crippen molar-refractivity contribution in [1.29, 1.82) is 0 Å². The molecular formula is C14H13N4OS+. The van der Waals surface area contributed by atoms with E-state index >= 15 is 0 Å². The second-order valence-corrected chi connectivity index (χ2v) is 5.21. The normalized spacial score (nSPS) is 11.2. The van der Waals surface area contributed by atoms with E-state index in [1.807, 2.05) is 46.3 Å². The molecule has 5 nitrogen and oxygen atoms in total. The molecule has 6 heteroatoms. The number of fused-ring (bicyclic) bond motifs is 1. The number of nitrogens with one attached hydrogen (secondary N) is 2. The average molecular weight is 285 g/mol. The molecule has 3 rings (SSSR count). The van der Waals surface area contributed by atoms with Gasteiger partial charge >= 0.3 is 0 Å². The summed E-state index contributed by atoms with van der Waals surface area (Å²) < 4.78 is 1.85. The number of hydrazone groups is 1. The SMILES string of the molecule is O=C(C[n+]1c[nH]c2ccccc21)NN=Cc1cccs1. The van der Waals surface area contributed by atoms with Gasteiger partial charge in [0.05, 0.1) is 6.21 Å². The molecule has 20 heavy (non-hydrogen) atoms. The smallest absolute Gasteiger partial charge is 0.269 e. The molecule has 0 aliphatic heterocycles. The predicted molar refractivity (Wildman–Crippen MR) is 78.5 cm³/mol. The van der Waals surface area contributed by atoms with E-state index in [2.05, 4.69) is 15.5 Å². The molecule has 2 heterocycles. The highest BCUT2D eigenvalue weighted by molar-refractivity contribution is 7.11. The standard InChI is InChI=1S/C14H12N4OS/c19-14(17-16-8-11-4-3-7-20-11)9-18-10-15-12-5-1-2-6-13(12)18/h1-8,10H,9H2,(H,17,19)/p+1. The quantitative estimate of drug-likeness (QED) is 0.427. The van der Waals surface area contributed by atoms with Gasteiger partial charge in [-0.3, -0.25) is 4.79 Å². The van der Waals surface area contributed by atoms with Gasteiger partial charge in [0.15, 0.2) is 17.6 Å². The van der Waals surface area contributed by atoms with Gasteiger partial charge in [0.1, 0.15) is 0 Å². The monoisotopic (exact) mass is 285 g/mol. The van der Waals surface area contributed by atoms with Crippen LogP contribution >= 0.6 is 11.3 Å². The molecule has 1 aromatic carbocycles. The maximum absolute atomic E-state index is 11.8. The molecule has 0 spiro atoms. The van der Waals surface area contributed by atoms with Crippen LogP contribution in [0.5, 0.6) is 0 Å². The Morgan fingerprint density at radius 3 is 3.10 bits per heavy atom. The van der Waals surface area contributed by atoms with Crippen LogP contribution in [0, 0.1) is 0 Å². The maximum Gasteiger partial charge on any atom is 0.282 e. The number of H-pyrrole nitrogens is 1. The summed E-state index contributed by atoms with van der Waals surface area (Å²) in [7, 11) is 0. The summed E-state index contributed by atoms with van der Waals surface area (Å²) in [6.07, 6.45) is 3.43. The van der Waals surface area contributed by atoms with Gasteiger partial charge in [0.2, 0.25) is 6.33 Å². The van der Waals surface area contributed by atoms with Crippen LogP contribution in [-0.2, 0) is 11.3 Å². The fourth-order valence-electron chi connectivity index (χ4n) is 1.92. The molecule has 0 saturated heterocycles. The van der Waals surface area contributed by atoms with Gasteiger partial charge in [-0.25, -0.2) is 15.0 Å². The Morgan fingerprint density at radius 1 is 1.35 bits per heavy atom. The lowest BCUT2D eigenvalue weighted by atomic mass is 10.3. The lowest BCUT2D eigenvalue weighted by Crippen LogP contribution is -2.40. The molecule has 0 aliphatic rings. The van der Waals surface area contributed by atoms with Crippen molar-refractivity contribution in [3.05, 3.63) is 53.0 Å². The van der Waals surface area contributed by atoms with E-state index in [-0.39, 0.29) is 12.5 Å². The summed E-state index contributed by atoms with van der Waals surface area (Å²) in [4.78, 5) is 15.9. The summed E-state index contributed by atoms with van der Waals surface area (Å²) in [5, 5.41) is 5.90. The second-order valence-electron chi connectivity index (χ2n) is 4.23. The first-order valence-electron chi connectivity index (χ1n) is 6.14. The van der Waals surface area contributed by atoms with Crippen molar-refractivity contribution >= 4 is 34.5 Å². The molecular weight excluding hydrogens is 272 g/mol. The topological polar surface area (TPSA) is 61.1 Å². The Morgan fingerprint density at radius 2 is 2.25 bits per heavy atom. The third-order valence-electron chi connectivity index (χ3n) is 2.83. The van der Waals surface area contributed by atoms with Crippen LogP contribution in [0.25, 0.3) is 11.0 Å². The van der Waals surface area contributed by atoms with Crippen molar-refractivity contribution in [1.82, 2.24) is 10.4 Å². The maximum atomic E-state index is 11.8. The lowest BCUT2D eigenvalue weighted by molar-refractivity contribution is -0.658. The van der Waals surface area contributed by atoms with Crippen molar-refractivity contribution < 1.29 is 9.36 Å². The summed E-state index contributed by atoms with van der Waals surface area (Å²) in [6.45, 7) is 0.228. The number of imidazole rings is 1. The van der Waals surface area contributed by atoms with Crippen molar-refractivity contribution in [2.24, 2.45) is 5.10 Å². The number of thiophene rings is 1. The number of carbonyl (C=O) groups excluding carboxylic acids is 1. The summed E-state index contributed by atoms with van der Waals surface area (Å²) in [6, 6.07) is 11.7. The second kappa shape index (κ2) is 5.66. The zero-order valence-electron chi connectivity index (χ0n) is 10.6. The molecule has 0 saturated carbocycles. The number of aromatic nitrogens is 2. The Bertz CT molecular complexity index is 745. The van der Waals surface area contributed by atoms with E-state index in [9.17, 15) is 4.79 Å². The van der Waals surface area contributed by atoms with Crippen LogP contribution in [-0.4, -0.2) is 17.1 Å². The molecule has 0 radical (unpaired) electrons. The van der Waals surface area contributed by atoms with E-state index in [1.165, 1.54) is 0 Å². The Labute approximate surface area is 119 Å². The van der Waals surface area contributed by atoms with Crippen LogP contribution in [0.4, 0.5) is 0 Å². The number of rotatable bonds is 4. The molecule has 0 atom stereocenters. The fraction of sp³-hybridized carbons (Fsp3) is 0.0714. The van der Waals surface area contributed by atoms with Crippen molar-refractivity contribution in [3.63, 3.8) is 0 Å². The van der Waals surface area contributed by atoms with E-state index in [1.54, 1.807) is 23.9 Å². The molecule has 0 bridgehead atoms. The summed E-state index contributed by atoms with van der Waals surface area (Å²) in [5.41, 5.74) is 4.52. The Kier molecular flexibility index (Phi) is 3.56. The first-order chi connectivity index (χ1) is 9.83. The van der Waals surface area contributed by atoms with Crippen molar-refractivity contribution in [3.8, 4) is 0 Å². The van der Waals surface area contributed by atoms with Gasteiger partial charge in [-0.15, -0.1) is 11.3 Å². The average Bonchev–Trinajstić information content (AvgIpc) is 3.09. The molecule has 2 N–H and O–H groups in total. The van der Waals surface area contributed by atoms with Crippen LogP contribution in [0.3, 0.4) is 0 Å². The Balaban J connectivity index is 1.64. The molecule has 2 aromatic heterocycles. The van der Waals surface area contributed by atoms with E-state index in [0.717, 1.165) is 15.9 Å². The summed E-state index contributed by atoms with van der Waals surface area (Å²) >= 11 is 1.57. The number of nitrogens with zero attached hydrogens (tertiary/aromatic N) is 2. The van der Waals surface area contributed by atoms with Crippen molar-refractivity contribution in [2.75, 3.05) is 0 Å². The molecule has 3 aromatic rings. The van der Waals surface area contributed by atoms with Crippen LogP contribution in [0.1, 0.15) is 4.88 Å². The lowest BCUT2D eigenvalue weighted by Gasteiger charge is -1.97. The van der Waals surface area contributed by atoms with Gasteiger partial charge in [-0.05, 0) is 23.6 Å². The first-order valence-corrected chi connectivity index (χ1v) is 7.02. The Hall–Kier alpha value is -2.47. The molecule has 1 amide bonds. The van der Waals surface area contributed by atoms with E-state index in [4.69, 9.17) is 0 Å². The molecule has 0 fully saturated rings. The molecule has 0 unspecified atom stereocenters. The summed E-state index contributed by atoms with van der Waals surface area (Å²) in [5.74, 6) is -0.160. The van der Waals surface area contributed by atoms with Crippen LogP contribution in [0.15, 0.2) is 53.2 Å². The van der Waals surface area contributed by atoms with E-state index < -0.39 is 0 Å². The van der Waals surface area contributed by atoms with Gasteiger partial charge in [0, 0.05) is 4.88 Å². The van der Waals surface area contributed by atoms with Crippen LogP contribution < -0.4 is 9.99 Å². The number of carbonyl (C=O) groups is 1. The number of hydrogen-bond donors (Lipinski definition) is 2. The fourth-order valence-corrected chi connectivity index (χ4v) is 2.50. The van der Waals surface area contributed by atoms with Gasteiger partial charge in [0.25, 0.3) is 5.91 Å². The van der Waals surface area contributed by atoms with Crippen molar-refractivity contribution in [2.45, 2.75) is 6.54 Å². The highest BCUT2D eigenvalue weighted by atomic mass is 32.1. The predicted octanol–water partition coefficient (Wildman–Crippen LogP) is 1.67. The highest BCUT2D eigenvalue weighted by Crippen LogP contribution is 2.05. The largest absolute Gasteiger partial charge is 0.282 e. The number of para-hydroxylation sites is 2. The van der Waals surface area contributed by atoms with Gasteiger partial charge in [-0.1, -0.05) is 18.2 Å². The van der Waals surface area contributed by atoms with Gasteiger partial charge < -0.3 is 0 Å². The number of benzene rings is 1. The number of amides is 1. The third kappa shape index (κ3) is 2.75. The third-order valence-corrected chi connectivity index (χ3v) is 3.63. The number of aromatic amines is 1. The minimum atomic E-state index is -0.160. The van der Waals surface area contributed by atoms with Gasteiger partial charge in [-0.2, -0.15) is 5.10 Å². The first kappa shape index (κ1) is 12.6. The highest BCUT2D eigenvalue weighted by Gasteiger charge is 2.11. The molecule has 0 aliphatic carbocycles. The van der Waals surface area contributed by atoms with E-state index in [0.29, 0.717) is 0 Å².